The predicted molar refractivity (Wildman–Crippen MR) is 216 cm³/mol. The number of esters is 3. The second kappa shape index (κ2) is 97.3. The fourth-order valence-electron chi connectivity index (χ4n) is 1.55. The molecule has 0 saturated heterocycles. The first-order chi connectivity index (χ1) is 25.3. The summed E-state index contributed by atoms with van der Waals surface area (Å²) in [6.07, 6.45) is -3.82. The van der Waals surface area contributed by atoms with Gasteiger partial charge in [-0.05, 0) is 55.5 Å². The van der Waals surface area contributed by atoms with Crippen LogP contribution in [0.5, 0.6) is 0 Å². The van der Waals surface area contributed by atoms with E-state index in [4.69, 9.17) is 37.0 Å². The third-order valence-electron chi connectivity index (χ3n) is 3.74. The molecule has 0 radical (unpaired) electrons. The number of ether oxygens (including phenoxy) is 3. The quantitative estimate of drug-likeness (QED) is 0.0176. The summed E-state index contributed by atoms with van der Waals surface area (Å²) in [6, 6.07) is -2.41. The molecule has 0 aromatic heterocycles. The third kappa shape index (κ3) is 100. The van der Waals surface area contributed by atoms with Gasteiger partial charge in [0.25, 0.3) is 0 Å². The van der Waals surface area contributed by atoms with Crippen LogP contribution in [0.2, 0.25) is 0 Å². The molecule has 0 heterocycles. The SMILES string of the molecule is CCO.CCO.CCOC(=O)C(O)C(C)N.CCOC(=O)C(O)C(C)[N+](=O)[O-].CCOC(=O)C=O.CN.CNC(=O)C(O)C(C)N.[H-].[H-].[K+].[K+].[K][K].[K][K].[K][K].[K][K]. The summed E-state index contributed by atoms with van der Waals surface area (Å²) in [4.78, 5) is 60.5. The van der Waals surface area contributed by atoms with Crippen LogP contribution in [0.3, 0.4) is 0 Å². The summed E-state index contributed by atoms with van der Waals surface area (Å²) in [5, 5.41) is 54.3. The molecule has 12 N–H and O–H groups in total. The Balaban J connectivity index is -0.0000000288. The molecule has 20 nitrogen and oxygen atoms in total. The zero-order valence-electron chi connectivity index (χ0n) is 40.6. The van der Waals surface area contributed by atoms with Crippen LogP contribution in [0, 0.1) is 10.1 Å². The van der Waals surface area contributed by atoms with Crippen molar-refractivity contribution in [2.75, 3.05) is 47.1 Å². The molecule has 1 amide bonds. The van der Waals surface area contributed by atoms with Crippen LogP contribution in [0.1, 0.15) is 58.2 Å². The number of aldehydes is 1. The Kier molecular flexibility index (Phi) is 177. The van der Waals surface area contributed by atoms with Gasteiger partial charge in [0.1, 0.15) is 6.10 Å². The summed E-state index contributed by atoms with van der Waals surface area (Å²) in [7, 11) is 2.95. The van der Waals surface area contributed by atoms with Gasteiger partial charge in [0.2, 0.25) is 24.3 Å². The van der Waals surface area contributed by atoms with E-state index >= 15 is 0 Å². The minimum atomic E-state index is -1.68. The van der Waals surface area contributed by atoms with E-state index in [0.717, 1.165) is 6.92 Å². The first-order valence-corrected chi connectivity index (χ1v) is 82.0. The van der Waals surface area contributed by atoms with Crippen LogP contribution in [0.4, 0.5) is 0 Å². The number of nitro groups is 1. The molecule has 0 aliphatic heterocycles. The van der Waals surface area contributed by atoms with E-state index in [-0.39, 0.29) is 145 Å². The van der Waals surface area contributed by atoms with Crippen LogP contribution in [0.15, 0.2) is 0 Å². The van der Waals surface area contributed by atoms with E-state index < -0.39 is 65.2 Å². The number of likely N-dealkylation sites (N-methyl/N-ethyl adjacent to an activating group) is 1. The van der Waals surface area contributed by atoms with E-state index in [1.54, 1.807) is 48.5 Å². The molecule has 0 aromatic carbocycles. The topological polar surface area (TPSA) is 347 Å². The number of nitrogens with one attached hydrogen (secondary N) is 1. The van der Waals surface area contributed by atoms with E-state index in [9.17, 15) is 34.1 Å². The molecule has 6 unspecified atom stereocenters. The number of carbonyl (C=O) groups is 5. The van der Waals surface area contributed by atoms with Crippen molar-refractivity contribution >= 4 is 283 Å². The molecule has 0 spiro atoms. The Labute approximate surface area is 604 Å². The predicted octanol–water partition coefficient (Wildman–Crippen LogP) is -12.2. The molecule has 0 aromatic rings. The summed E-state index contributed by atoms with van der Waals surface area (Å²) in [6.45, 7) is 13.6. The van der Waals surface area contributed by atoms with Gasteiger partial charge in [-0.2, -0.15) is 0 Å². The van der Waals surface area contributed by atoms with Crippen molar-refractivity contribution in [2.45, 2.75) is 91.8 Å². The number of hydrogen-bond acceptors (Lipinski definition) is 18. The fraction of sp³-hybridized carbons (Fsp3) is 0.808. The van der Waals surface area contributed by atoms with Gasteiger partial charge in [0, 0.05) is 44.2 Å². The Bertz CT molecular complexity index is 793. The molecule has 6 atom stereocenters. The molecule has 0 aliphatic carbocycles. The summed E-state index contributed by atoms with van der Waals surface area (Å²) in [5.41, 5.74) is 14.9. The van der Waals surface area contributed by atoms with Gasteiger partial charge in [-0.1, -0.05) is 0 Å². The first-order valence-electron chi connectivity index (χ1n) is 18.0. The van der Waals surface area contributed by atoms with Gasteiger partial charge in [0.15, 0.2) is 6.10 Å². The Morgan fingerprint density at radius 1 is 0.696 bits per heavy atom. The number of aliphatic hydroxyl groups is 5. The second-order valence-corrected chi connectivity index (χ2v) is 7.70. The van der Waals surface area contributed by atoms with Crippen LogP contribution in [0.25, 0.3) is 0 Å². The zero-order valence-corrected chi connectivity index (χ0v) is 69.8. The Hall–Kier alpha value is 13.0. The number of rotatable bonds is 11. The summed E-state index contributed by atoms with van der Waals surface area (Å²) < 4.78 is 13.1. The van der Waals surface area contributed by atoms with Gasteiger partial charge in [-0.3, -0.25) is 19.7 Å². The second-order valence-electron chi connectivity index (χ2n) is 7.70. The Morgan fingerprint density at radius 3 is 1.09 bits per heavy atom. The zero-order chi connectivity index (χ0) is 46.4. The fourth-order valence-corrected chi connectivity index (χ4v) is 1.55. The molecule has 0 aliphatic rings. The van der Waals surface area contributed by atoms with Crippen molar-refractivity contribution in [3.05, 3.63) is 10.1 Å². The maximum absolute atomic E-state index is 10.7. The molecular weight excluding hydrogens is 1010 g/mol. The monoisotopic (exact) mass is 1070 g/mol. The summed E-state index contributed by atoms with van der Waals surface area (Å²) in [5.74, 6) is -2.85. The van der Waals surface area contributed by atoms with E-state index in [2.05, 4.69) is 25.3 Å². The molecule has 0 bridgehead atoms. The standard InChI is InChI=1S/C6H11NO5.C6H13NO3.C5H12N2O2.C4H6O3.2C2H6O.CH5N.10K.2H/c1-3-12-6(9)5(8)4(2)7(10)11;1-3-10-6(9)5(8)4(2)7;1-3(6)4(8)5(9)7-2;1-2-7-4(6)3-5;2*1-2-3;1-2;;;;;;;;;;;;/h4-5,8H,3H2,1-2H3;4-5,8H,3,7H2,1-2H3;3-4,8H,6H2,1-2H3,(H,7,9);3H,2H2,1H3;2*3H,2H2,1H3;2H2,1H3;;;;;;;;;;;;/q;;;;;;;;;;;;;;;2*+1;2*-1. The average Bonchev–Trinajstić information content (AvgIpc) is 3.18. The molecular formula is C26H61K10N5O15. The first kappa shape index (κ1) is 102. The molecule has 30 heteroatoms. The van der Waals surface area contributed by atoms with E-state index in [1.807, 2.05) is 0 Å². The molecule has 0 saturated carbocycles. The van der Waals surface area contributed by atoms with Crippen LogP contribution in [-0.4, -0.2) is 397 Å². The van der Waals surface area contributed by atoms with Crippen molar-refractivity contribution in [1.29, 1.82) is 0 Å². The maximum atomic E-state index is 10.7. The van der Waals surface area contributed by atoms with Crippen LogP contribution in [-0.2, 0) is 38.2 Å². The van der Waals surface area contributed by atoms with Crippen LogP contribution >= 0.6 is 0 Å². The van der Waals surface area contributed by atoms with Crippen molar-refractivity contribution in [3.63, 3.8) is 0 Å². The number of aliphatic hydroxyl groups excluding tert-OH is 5. The van der Waals surface area contributed by atoms with Crippen LogP contribution < -0.4 is 125 Å². The van der Waals surface area contributed by atoms with Crippen molar-refractivity contribution < 1.29 is 174 Å². The molecule has 290 valence electrons. The van der Waals surface area contributed by atoms with Gasteiger partial charge in [0.05, 0.1) is 19.8 Å². The number of amides is 1. The van der Waals surface area contributed by atoms with Gasteiger partial charge >= 0.3 is 373 Å². The van der Waals surface area contributed by atoms with Crippen molar-refractivity contribution in [3.8, 4) is 0 Å². The normalized spacial score (nSPS) is 11.0. The molecule has 0 fully saturated rings. The third-order valence-corrected chi connectivity index (χ3v) is 3.74. The number of nitrogens with two attached hydrogens (primary N) is 3. The Morgan fingerprint density at radius 2 is 0.946 bits per heavy atom. The van der Waals surface area contributed by atoms with Crippen molar-refractivity contribution in [1.82, 2.24) is 5.32 Å². The minimum absolute atomic E-state index is 0. The molecule has 56 heavy (non-hydrogen) atoms. The van der Waals surface area contributed by atoms with Gasteiger partial charge in [-0.15, -0.1) is 0 Å². The molecule has 0 rings (SSSR count). The number of carbonyl (C=O) groups excluding carboxylic acids is 5. The number of nitrogens with zero attached hydrogens (tertiary/aromatic N) is 1. The van der Waals surface area contributed by atoms with E-state index in [1.165, 1.54) is 267 Å². The number of hydrogen-bond donors (Lipinski definition) is 9. The van der Waals surface area contributed by atoms with Gasteiger partial charge < -0.3 is 65.1 Å². The average molecular weight is 1070 g/mol. The summed E-state index contributed by atoms with van der Waals surface area (Å²) >= 11 is 10.0. The van der Waals surface area contributed by atoms with Gasteiger partial charge in [-0.25, -0.2) is 14.4 Å². The van der Waals surface area contributed by atoms with Crippen molar-refractivity contribution in [2.24, 2.45) is 17.2 Å². The van der Waals surface area contributed by atoms with E-state index in [0.29, 0.717) is 0 Å².